The third-order valence-electron chi connectivity index (χ3n) is 2.92. The van der Waals surface area contributed by atoms with Gasteiger partial charge >= 0.3 is 0 Å². The van der Waals surface area contributed by atoms with Crippen LogP contribution in [0.2, 0.25) is 0 Å². The van der Waals surface area contributed by atoms with Crippen molar-refractivity contribution in [3.63, 3.8) is 0 Å². The molecule has 4 nitrogen and oxygen atoms in total. The van der Waals surface area contributed by atoms with Crippen LogP contribution in [0.5, 0.6) is 0 Å². The Labute approximate surface area is 109 Å². The molecule has 18 heavy (non-hydrogen) atoms. The Balaban J connectivity index is 1.59. The van der Waals surface area contributed by atoms with Crippen LogP contribution in [0.3, 0.4) is 0 Å². The molecule has 0 spiro atoms. The van der Waals surface area contributed by atoms with E-state index in [1.165, 1.54) is 29.2 Å². The minimum absolute atomic E-state index is 0.120. The normalized spacial score (nSPS) is 13.7. The highest BCUT2D eigenvalue weighted by atomic mass is 32.2. The lowest BCUT2D eigenvalue weighted by Gasteiger charge is -2.14. The minimum atomic E-state index is 0.120. The van der Waals surface area contributed by atoms with E-state index in [1.807, 2.05) is 17.0 Å². The monoisotopic (exact) mass is 260 g/mol. The van der Waals surface area contributed by atoms with Gasteiger partial charge in [-0.1, -0.05) is 36.0 Å². The van der Waals surface area contributed by atoms with Gasteiger partial charge in [0.05, 0.1) is 11.9 Å². The van der Waals surface area contributed by atoms with Gasteiger partial charge in [-0.3, -0.25) is 4.79 Å². The molecule has 1 aliphatic heterocycles. The summed E-state index contributed by atoms with van der Waals surface area (Å²) in [5.74, 6) is 0.489. The average Bonchev–Trinajstić information content (AvgIpc) is 3.04. The van der Waals surface area contributed by atoms with Crippen molar-refractivity contribution in [2.75, 3.05) is 5.75 Å². The Bertz CT molecular complexity index is 529. The smallest absolute Gasteiger partial charge is 0.256 e. The number of amides is 1. The molecule has 0 atom stereocenters. The van der Waals surface area contributed by atoms with Crippen molar-refractivity contribution < 1.29 is 9.21 Å². The topological polar surface area (TPSA) is 46.3 Å². The molecule has 3 rings (SSSR count). The molecule has 0 bridgehead atoms. The molecule has 0 aliphatic carbocycles. The van der Waals surface area contributed by atoms with Gasteiger partial charge in [-0.2, -0.15) is 0 Å². The first-order chi connectivity index (χ1) is 8.83. The van der Waals surface area contributed by atoms with Gasteiger partial charge in [0.15, 0.2) is 0 Å². The lowest BCUT2D eigenvalue weighted by molar-refractivity contribution is -0.128. The number of fused-ring (bicyclic) bond motifs is 1. The first-order valence-electron chi connectivity index (χ1n) is 5.70. The fraction of sp³-hybridized carbons (Fsp3) is 0.231. The van der Waals surface area contributed by atoms with Gasteiger partial charge in [0, 0.05) is 13.1 Å². The van der Waals surface area contributed by atoms with Crippen molar-refractivity contribution in [2.45, 2.75) is 18.3 Å². The van der Waals surface area contributed by atoms with Gasteiger partial charge in [-0.15, -0.1) is 0 Å². The number of aromatic nitrogens is 1. The standard InChI is InChI=1S/C13H12N2O2S/c16-12(9-18-13-14-5-6-17-13)15-7-10-3-1-2-4-11(10)8-15/h1-6H,7-9H2. The summed E-state index contributed by atoms with van der Waals surface area (Å²) in [5, 5.41) is 0.542. The van der Waals surface area contributed by atoms with Crippen molar-refractivity contribution in [3.8, 4) is 0 Å². The van der Waals surface area contributed by atoms with E-state index in [1.54, 1.807) is 6.20 Å². The number of carbonyl (C=O) groups excluding carboxylic acids is 1. The fourth-order valence-electron chi connectivity index (χ4n) is 2.01. The number of rotatable bonds is 3. The molecule has 1 aromatic heterocycles. The number of carbonyl (C=O) groups is 1. The number of thioether (sulfide) groups is 1. The fourth-order valence-corrected chi connectivity index (χ4v) is 2.69. The predicted molar refractivity (Wildman–Crippen MR) is 67.9 cm³/mol. The Kier molecular flexibility index (Phi) is 3.06. The molecule has 2 aromatic rings. The second-order valence-electron chi connectivity index (χ2n) is 4.11. The van der Waals surface area contributed by atoms with Crippen LogP contribution in [0.1, 0.15) is 11.1 Å². The van der Waals surface area contributed by atoms with Crippen LogP contribution in [0.15, 0.2) is 46.4 Å². The summed E-state index contributed by atoms with van der Waals surface area (Å²) < 4.78 is 5.09. The highest BCUT2D eigenvalue weighted by molar-refractivity contribution is 7.99. The maximum atomic E-state index is 12.0. The van der Waals surface area contributed by atoms with E-state index in [-0.39, 0.29) is 5.91 Å². The zero-order chi connectivity index (χ0) is 12.4. The third kappa shape index (κ3) is 2.26. The molecule has 2 heterocycles. The molecule has 0 fully saturated rings. The van der Waals surface area contributed by atoms with Crippen LogP contribution >= 0.6 is 11.8 Å². The molecule has 0 saturated carbocycles. The molecule has 0 unspecified atom stereocenters. The van der Waals surface area contributed by atoms with Crippen LogP contribution < -0.4 is 0 Å². The first-order valence-corrected chi connectivity index (χ1v) is 6.68. The molecule has 5 heteroatoms. The van der Waals surface area contributed by atoms with Crippen molar-refractivity contribution in [2.24, 2.45) is 0 Å². The minimum Gasteiger partial charge on any atom is -0.440 e. The van der Waals surface area contributed by atoms with E-state index >= 15 is 0 Å². The molecule has 0 radical (unpaired) electrons. The van der Waals surface area contributed by atoms with E-state index in [0.717, 1.165) is 0 Å². The SMILES string of the molecule is O=C(CSc1ncco1)N1Cc2ccccc2C1. The van der Waals surface area contributed by atoms with Gasteiger partial charge in [0.25, 0.3) is 5.22 Å². The Morgan fingerprint density at radius 2 is 2.06 bits per heavy atom. The summed E-state index contributed by atoms with van der Waals surface area (Å²) >= 11 is 1.33. The van der Waals surface area contributed by atoms with Crippen LogP contribution in [0.4, 0.5) is 0 Å². The summed E-state index contributed by atoms with van der Waals surface area (Å²) in [4.78, 5) is 17.9. The third-order valence-corrected chi connectivity index (χ3v) is 3.76. The van der Waals surface area contributed by atoms with Gasteiger partial charge < -0.3 is 9.32 Å². The largest absolute Gasteiger partial charge is 0.440 e. The van der Waals surface area contributed by atoms with Gasteiger partial charge in [-0.25, -0.2) is 4.98 Å². The Morgan fingerprint density at radius 1 is 1.33 bits per heavy atom. The summed E-state index contributed by atoms with van der Waals surface area (Å²) in [6.07, 6.45) is 3.09. The molecular formula is C13H12N2O2S. The quantitative estimate of drug-likeness (QED) is 0.794. The van der Waals surface area contributed by atoms with Crippen LogP contribution in [0, 0.1) is 0 Å². The number of oxazole rings is 1. The zero-order valence-electron chi connectivity index (χ0n) is 9.70. The molecule has 1 aliphatic rings. The van der Waals surface area contributed by atoms with Crippen molar-refractivity contribution >= 4 is 17.7 Å². The number of hydrogen-bond acceptors (Lipinski definition) is 4. The van der Waals surface area contributed by atoms with Gasteiger partial charge in [0.1, 0.15) is 6.26 Å². The lowest BCUT2D eigenvalue weighted by Crippen LogP contribution is -2.26. The maximum Gasteiger partial charge on any atom is 0.256 e. The maximum absolute atomic E-state index is 12.0. The second kappa shape index (κ2) is 4.86. The summed E-state index contributed by atoms with van der Waals surface area (Å²) in [6, 6.07) is 8.16. The van der Waals surface area contributed by atoms with E-state index in [2.05, 4.69) is 17.1 Å². The summed E-state index contributed by atoms with van der Waals surface area (Å²) in [5.41, 5.74) is 2.49. The Hall–Kier alpha value is -1.75. The van der Waals surface area contributed by atoms with E-state index in [9.17, 15) is 4.79 Å². The number of hydrogen-bond donors (Lipinski definition) is 0. The Morgan fingerprint density at radius 3 is 2.67 bits per heavy atom. The molecule has 0 N–H and O–H groups in total. The van der Waals surface area contributed by atoms with Gasteiger partial charge in [-0.05, 0) is 11.1 Å². The van der Waals surface area contributed by atoms with Crippen LogP contribution in [-0.2, 0) is 17.9 Å². The molecule has 1 amide bonds. The van der Waals surface area contributed by atoms with Crippen molar-refractivity contribution in [3.05, 3.63) is 47.9 Å². The van der Waals surface area contributed by atoms with Crippen molar-refractivity contribution in [1.82, 2.24) is 9.88 Å². The first kappa shape index (κ1) is 11.3. The highest BCUT2D eigenvalue weighted by Crippen LogP contribution is 2.24. The van der Waals surface area contributed by atoms with Crippen LogP contribution in [0.25, 0.3) is 0 Å². The molecule has 92 valence electrons. The summed E-state index contributed by atoms with van der Waals surface area (Å²) in [6.45, 7) is 1.42. The predicted octanol–water partition coefficient (Wildman–Crippen LogP) is 2.31. The highest BCUT2D eigenvalue weighted by Gasteiger charge is 2.22. The molecule has 0 saturated heterocycles. The van der Waals surface area contributed by atoms with E-state index in [4.69, 9.17) is 4.42 Å². The second-order valence-corrected chi connectivity index (χ2v) is 5.03. The molecular weight excluding hydrogens is 248 g/mol. The van der Waals surface area contributed by atoms with Crippen LogP contribution in [-0.4, -0.2) is 21.5 Å². The zero-order valence-corrected chi connectivity index (χ0v) is 10.5. The van der Waals surface area contributed by atoms with E-state index < -0.39 is 0 Å². The average molecular weight is 260 g/mol. The molecule has 1 aromatic carbocycles. The van der Waals surface area contributed by atoms with E-state index in [0.29, 0.717) is 24.1 Å². The lowest BCUT2D eigenvalue weighted by atomic mass is 10.1. The number of nitrogens with zero attached hydrogens (tertiary/aromatic N) is 2. The summed E-state index contributed by atoms with van der Waals surface area (Å²) in [7, 11) is 0. The van der Waals surface area contributed by atoms with Crippen molar-refractivity contribution in [1.29, 1.82) is 0 Å². The number of benzene rings is 1. The van der Waals surface area contributed by atoms with Gasteiger partial charge in [0.2, 0.25) is 5.91 Å².